The highest BCUT2D eigenvalue weighted by Gasteiger charge is 2.16. The monoisotopic (exact) mass is 407 g/mol. The normalized spacial score (nSPS) is 14.0. The van der Waals surface area contributed by atoms with Gasteiger partial charge in [-0.3, -0.25) is 0 Å². The predicted octanol–water partition coefficient (Wildman–Crippen LogP) is 6.24. The van der Waals surface area contributed by atoms with Gasteiger partial charge >= 0.3 is 0 Å². The summed E-state index contributed by atoms with van der Waals surface area (Å²) in [5.41, 5.74) is 2.21. The number of hydrogen-bond acceptors (Lipinski definition) is 3. The molecule has 1 N–H and O–H groups in total. The van der Waals surface area contributed by atoms with Crippen molar-refractivity contribution in [3.8, 4) is 5.75 Å². The highest BCUT2D eigenvalue weighted by Crippen LogP contribution is 2.36. The van der Waals surface area contributed by atoms with Crippen molar-refractivity contribution in [2.24, 2.45) is 0 Å². The maximum atomic E-state index is 6.20. The van der Waals surface area contributed by atoms with E-state index in [0.717, 1.165) is 20.1 Å². The van der Waals surface area contributed by atoms with Crippen LogP contribution < -0.4 is 10.1 Å². The molecule has 2 rings (SSSR count). The van der Waals surface area contributed by atoms with Gasteiger partial charge in [0.2, 0.25) is 0 Å². The van der Waals surface area contributed by atoms with Gasteiger partial charge in [-0.1, -0.05) is 29.3 Å². The summed E-state index contributed by atoms with van der Waals surface area (Å²) >= 11 is 17.1. The van der Waals surface area contributed by atoms with Crippen LogP contribution >= 0.6 is 50.5 Å². The first-order valence-corrected chi connectivity index (χ1v) is 8.83. The Labute approximate surface area is 147 Å². The zero-order chi connectivity index (χ0) is 15.6. The molecule has 6 heteroatoms. The second-order valence-corrected chi connectivity index (χ2v) is 7.92. The molecule has 114 valence electrons. The molecular formula is C15H16BrCl2NOS. The van der Waals surface area contributed by atoms with Gasteiger partial charge in [-0.15, -0.1) is 11.3 Å². The standard InChI is InChI=1S/C15H16BrCl2NOS/c1-8(10-4-5-13(20-3)12(16)6-10)19-9(2)11-7-14(17)21-15(11)18/h4-9,19H,1-3H3. The topological polar surface area (TPSA) is 21.3 Å². The summed E-state index contributed by atoms with van der Waals surface area (Å²) in [4.78, 5) is 0. The van der Waals surface area contributed by atoms with Gasteiger partial charge in [-0.25, -0.2) is 0 Å². The van der Waals surface area contributed by atoms with E-state index in [-0.39, 0.29) is 12.1 Å². The van der Waals surface area contributed by atoms with Crippen molar-refractivity contribution in [2.45, 2.75) is 25.9 Å². The van der Waals surface area contributed by atoms with Crippen molar-refractivity contribution in [2.75, 3.05) is 7.11 Å². The predicted molar refractivity (Wildman–Crippen MR) is 95.0 cm³/mol. The van der Waals surface area contributed by atoms with E-state index in [1.807, 2.05) is 12.1 Å². The van der Waals surface area contributed by atoms with Gasteiger partial charge in [0.15, 0.2) is 0 Å². The molecule has 0 radical (unpaired) electrons. The van der Waals surface area contributed by atoms with Crippen molar-refractivity contribution < 1.29 is 4.74 Å². The van der Waals surface area contributed by atoms with Crippen LogP contribution in [0.5, 0.6) is 5.75 Å². The number of benzene rings is 1. The Morgan fingerprint density at radius 1 is 1.19 bits per heavy atom. The molecule has 0 spiro atoms. The van der Waals surface area contributed by atoms with Gasteiger partial charge in [0.1, 0.15) is 5.75 Å². The largest absolute Gasteiger partial charge is 0.496 e. The summed E-state index contributed by atoms with van der Waals surface area (Å²) in [5.74, 6) is 0.826. The average Bonchev–Trinajstić information content (AvgIpc) is 2.77. The first-order valence-electron chi connectivity index (χ1n) is 6.46. The van der Waals surface area contributed by atoms with Gasteiger partial charge < -0.3 is 10.1 Å². The summed E-state index contributed by atoms with van der Waals surface area (Å²) in [5, 5.41) is 3.53. The lowest BCUT2D eigenvalue weighted by Crippen LogP contribution is -2.22. The lowest BCUT2D eigenvalue weighted by Gasteiger charge is -2.21. The van der Waals surface area contributed by atoms with E-state index < -0.39 is 0 Å². The Morgan fingerprint density at radius 2 is 1.90 bits per heavy atom. The van der Waals surface area contributed by atoms with Gasteiger partial charge in [0, 0.05) is 12.1 Å². The fourth-order valence-corrected chi connectivity index (χ4v) is 4.37. The summed E-state index contributed by atoms with van der Waals surface area (Å²) in [6, 6.07) is 8.29. The fraction of sp³-hybridized carbons (Fsp3) is 0.333. The van der Waals surface area contributed by atoms with Crippen LogP contribution in [0.4, 0.5) is 0 Å². The molecule has 0 amide bonds. The van der Waals surface area contributed by atoms with Crippen LogP contribution in [-0.4, -0.2) is 7.11 Å². The maximum Gasteiger partial charge on any atom is 0.133 e. The molecule has 0 aliphatic carbocycles. The minimum Gasteiger partial charge on any atom is -0.496 e. The minimum atomic E-state index is 0.122. The zero-order valence-electron chi connectivity index (χ0n) is 11.9. The second-order valence-electron chi connectivity index (χ2n) is 4.78. The minimum absolute atomic E-state index is 0.122. The molecule has 2 unspecified atom stereocenters. The lowest BCUT2D eigenvalue weighted by molar-refractivity contribution is 0.411. The molecule has 2 nitrogen and oxygen atoms in total. The number of hydrogen-bond donors (Lipinski definition) is 1. The van der Waals surface area contributed by atoms with Crippen LogP contribution in [-0.2, 0) is 0 Å². The molecule has 0 fully saturated rings. The highest BCUT2D eigenvalue weighted by atomic mass is 79.9. The number of thiophene rings is 1. The Kier molecular flexibility index (Phi) is 5.97. The van der Waals surface area contributed by atoms with E-state index in [4.69, 9.17) is 27.9 Å². The highest BCUT2D eigenvalue weighted by molar-refractivity contribution is 9.10. The molecule has 2 aromatic rings. The van der Waals surface area contributed by atoms with Crippen LogP contribution in [0.2, 0.25) is 8.67 Å². The molecule has 0 aliphatic heterocycles. The molecule has 1 aromatic heterocycles. The molecular weight excluding hydrogens is 393 g/mol. The molecule has 1 heterocycles. The van der Waals surface area contributed by atoms with E-state index in [0.29, 0.717) is 4.34 Å². The van der Waals surface area contributed by atoms with Crippen molar-refractivity contribution in [1.82, 2.24) is 5.32 Å². The quantitative estimate of drug-likeness (QED) is 0.632. The Bertz CT molecular complexity index is 632. The van der Waals surface area contributed by atoms with E-state index in [9.17, 15) is 0 Å². The van der Waals surface area contributed by atoms with Crippen molar-refractivity contribution >= 4 is 50.5 Å². The maximum absolute atomic E-state index is 6.20. The first-order chi connectivity index (χ1) is 9.92. The molecule has 1 aromatic carbocycles. The van der Waals surface area contributed by atoms with E-state index >= 15 is 0 Å². The van der Waals surface area contributed by atoms with E-state index in [1.165, 1.54) is 16.9 Å². The molecule has 0 aliphatic rings. The number of rotatable bonds is 5. The van der Waals surface area contributed by atoms with Crippen molar-refractivity contribution in [3.05, 3.63) is 48.5 Å². The molecule has 0 saturated carbocycles. The van der Waals surface area contributed by atoms with Crippen molar-refractivity contribution in [3.63, 3.8) is 0 Å². The summed E-state index contributed by atoms with van der Waals surface area (Å²) in [6.45, 7) is 4.20. The van der Waals surface area contributed by atoms with Crippen molar-refractivity contribution in [1.29, 1.82) is 0 Å². The Morgan fingerprint density at radius 3 is 2.43 bits per heavy atom. The summed E-state index contributed by atoms with van der Waals surface area (Å²) in [7, 11) is 1.66. The molecule has 0 saturated heterocycles. The number of nitrogens with one attached hydrogen (secondary N) is 1. The third-order valence-electron chi connectivity index (χ3n) is 3.33. The fourth-order valence-electron chi connectivity index (χ4n) is 2.16. The SMILES string of the molecule is COc1ccc(C(C)NC(C)c2cc(Cl)sc2Cl)cc1Br. The Hall–Kier alpha value is -0.260. The van der Waals surface area contributed by atoms with Gasteiger partial charge in [-0.2, -0.15) is 0 Å². The zero-order valence-corrected chi connectivity index (χ0v) is 15.8. The molecule has 2 atom stereocenters. The van der Waals surface area contributed by atoms with E-state index in [1.54, 1.807) is 7.11 Å². The summed E-state index contributed by atoms with van der Waals surface area (Å²) in [6.07, 6.45) is 0. The number of halogens is 3. The Balaban J connectivity index is 2.12. The van der Waals surface area contributed by atoms with Gasteiger partial charge in [0.25, 0.3) is 0 Å². The van der Waals surface area contributed by atoms with Gasteiger partial charge in [-0.05, 0) is 59.1 Å². The lowest BCUT2D eigenvalue weighted by atomic mass is 10.1. The van der Waals surface area contributed by atoms with Crippen LogP contribution in [0.3, 0.4) is 0 Å². The third kappa shape index (κ3) is 4.14. The van der Waals surface area contributed by atoms with Crippen LogP contribution in [0.15, 0.2) is 28.7 Å². The van der Waals surface area contributed by atoms with Gasteiger partial charge in [0.05, 0.1) is 20.3 Å². The first kappa shape index (κ1) is 17.1. The summed E-state index contributed by atoms with van der Waals surface area (Å²) < 4.78 is 7.65. The number of methoxy groups -OCH3 is 1. The van der Waals surface area contributed by atoms with Crippen LogP contribution in [0.25, 0.3) is 0 Å². The third-order valence-corrected chi connectivity index (χ3v) is 5.46. The second kappa shape index (κ2) is 7.34. The van der Waals surface area contributed by atoms with Crippen LogP contribution in [0, 0.1) is 0 Å². The molecule has 21 heavy (non-hydrogen) atoms. The smallest absolute Gasteiger partial charge is 0.133 e. The molecule has 0 bridgehead atoms. The van der Waals surface area contributed by atoms with E-state index in [2.05, 4.69) is 47.2 Å². The number of ether oxygens (including phenoxy) is 1. The van der Waals surface area contributed by atoms with Crippen LogP contribution in [0.1, 0.15) is 37.1 Å². The average molecular weight is 409 g/mol.